The first-order chi connectivity index (χ1) is 15.5. The Morgan fingerprint density at radius 1 is 1.16 bits per heavy atom. The number of Topliss-reactive ketones (excluding diaryl/α,β-unsaturated/α-hetero) is 1. The van der Waals surface area contributed by atoms with Crippen LogP contribution in [0.2, 0.25) is 0 Å². The Hall–Kier alpha value is -2.75. The maximum Gasteiger partial charge on any atom is 0.263 e. The normalized spacial score (nSPS) is 11.1. The number of nitrogens with one attached hydrogen (secondary N) is 1. The van der Waals surface area contributed by atoms with Crippen molar-refractivity contribution < 1.29 is 9.59 Å². The summed E-state index contributed by atoms with van der Waals surface area (Å²) in [7, 11) is 1.73. The van der Waals surface area contributed by atoms with Crippen LogP contribution < -0.4 is 10.9 Å². The highest BCUT2D eigenvalue weighted by Gasteiger charge is 2.16. The third kappa shape index (κ3) is 4.69. The summed E-state index contributed by atoms with van der Waals surface area (Å²) in [5.41, 5.74) is 1.92. The maximum atomic E-state index is 13.0. The van der Waals surface area contributed by atoms with Gasteiger partial charge < -0.3 is 5.32 Å². The lowest BCUT2D eigenvalue weighted by molar-refractivity contribution is -0.116. The minimum absolute atomic E-state index is 0.0549. The number of anilines is 1. The van der Waals surface area contributed by atoms with E-state index in [9.17, 15) is 14.4 Å². The second-order valence-corrected chi connectivity index (χ2v) is 10.0. The SMILES string of the molecule is CC(=O)c1ccccc1NC(=O)CCCSc1nc2scc(-c3cccs3)c2c(=O)n1C. The average Bonchev–Trinajstić information content (AvgIpc) is 3.44. The van der Waals surface area contributed by atoms with E-state index in [1.54, 1.807) is 47.2 Å². The summed E-state index contributed by atoms with van der Waals surface area (Å²) in [6.45, 7) is 1.48. The molecule has 0 bridgehead atoms. The number of amides is 1. The van der Waals surface area contributed by atoms with Crippen LogP contribution in [0.5, 0.6) is 0 Å². The zero-order valence-corrected chi connectivity index (χ0v) is 20.0. The number of hydrogen-bond donors (Lipinski definition) is 1. The summed E-state index contributed by atoms with van der Waals surface area (Å²) in [5, 5.41) is 8.10. The molecule has 0 atom stereocenters. The molecule has 6 nitrogen and oxygen atoms in total. The lowest BCUT2D eigenvalue weighted by Gasteiger charge is -2.09. The first-order valence-electron chi connectivity index (χ1n) is 10.0. The molecule has 0 spiro atoms. The summed E-state index contributed by atoms with van der Waals surface area (Å²) >= 11 is 4.55. The molecular weight excluding hydrogens is 462 g/mol. The number of aromatic nitrogens is 2. The molecule has 1 N–H and O–H groups in total. The Morgan fingerprint density at radius 3 is 2.72 bits per heavy atom. The van der Waals surface area contributed by atoms with Gasteiger partial charge >= 0.3 is 0 Å². The van der Waals surface area contributed by atoms with Gasteiger partial charge in [0.1, 0.15) is 4.83 Å². The van der Waals surface area contributed by atoms with Crippen molar-refractivity contribution in [3.63, 3.8) is 0 Å². The van der Waals surface area contributed by atoms with Crippen molar-refractivity contribution in [2.75, 3.05) is 11.1 Å². The monoisotopic (exact) mass is 483 g/mol. The first kappa shape index (κ1) is 22.4. The molecule has 0 aliphatic rings. The highest BCUT2D eigenvalue weighted by Crippen LogP contribution is 2.34. The van der Waals surface area contributed by atoms with Crippen molar-refractivity contribution >= 4 is 62.0 Å². The molecule has 0 fully saturated rings. The first-order valence-corrected chi connectivity index (χ1v) is 12.7. The van der Waals surface area contributed by atoms with Gasteiger partial charge in [-0.25, -0.2) is 4.98 Å². The van der Waals surface area contributed by atoms with Gasteiger partial charge in [0.25, 0.3) is 5.56 Å². The molecule has 164 valence electrons. The third-order valence-electron chi connectivity index (χ3n) is 4.92. The minimum Gasteiger partial charge on any atom is -0.325 e. The highest BCUT2D eigenvalue weighted by molar-refractivity contribution is 7.99. The number of nitrogens with zero attached hydrogens (tertiary/aromatic N) is 2. The average molecular weight is 484 g/mol. The van der Waals surface area contributed by atoms with Crippen molar-refractivity contribution in [3.05, 3.63) is 63.1 Å². The summed E-state index contributed by atoms with van der Waals surface area (Å²) in [5.74, 6) is 0.418. The molecule has 1 amide bonds. The van der Waals surface area contributed by atoms with E-state index in [4.69, 9.17) is 4.98 Å². The van der Waals surface area contributed by atoms with Gasteiger partial charge in [-0.3, -0.25) is 19.0 Å². The van der Waals surface area contributed by atoms with Crippen LogP contribution in [-0.2, 0) is 11.8 Å². The molecule has 0 saturated heterocycles. The van der Waals surface area contributed by atoms with Crippen molar-refractivity contribution in [2.24, 2.45) is 7.05 Å². The number of thiophene rings is 2. The maximum absolute atomic E-state index is 13.0. The summed E-state index contributed by atoms with van der Waals surface area (Å²) in [4.78, 5) is 43.5. The van der Waals surface area contributed by atoms with Gasteiger partial charge in [-0.1, -0.05) is 30.0 Å². The van der Waals surface area contributed by atoms with Gasteiger partial charge in [0.15, 0.2) is 10.9 Å². The van der Waals surface area contributed by atoms with Crippen LogP contribution in [0.4, 0.5) is 5.69 Å². The smallest absolute Gasteiger partial charge is 0.263 e. The van der Waals surface area contributed by atoms with Gasteiger partial charge in [-0.15, -0.1) is 22.7 Å². The number of carbonyl (C=O) groups is 2. The van der Waals surface area contributed by atoms with Crippen LogP contribution in [0.3, 0.4) is 0 Å². The number of thioether (sulfide) groups is 1. The summed E-state index contributed by atoms with van der Waals surface area (Å²) in [6.07, 6.45) is 0.939. The van der Waals surface area contributed by atoms with Crippen LogP contribution in [-0.4, -0.2) is 27.0 Å². The summed E-state index contributed by atoms with van der Waals surface area (Å²) in [6, 6.07) is 11.0. The Bertz CT molecular complexity index is 1340. The number of para-hydroxylation sites is 1. The predicted octanol–water partition coefficient (Wildman–Crippen LogP) is 5.44. The molecule has 1 aromatic carbocycles. The van der Waals surface area contributed by atoms with Crippen molar-refractivity contribution in [3.8, 4) is 10.4 Å². The Balaban J connectivity index is 1.39. The fourth-order valence-electron chi connectivity index (χ4n) is 3.30. The minimum atomic E-state index is -0.143. The molecule has 3 aromatic heterocycles. The fourth-order valence-corrected chi connectivity index (χ4v) is 6.02. The van der Waals surface area contributed by atoms with E-state index in [1.165, 1.54) is 30.0 Å². The molecule has 3 heterocycles. The molecule has 4 aromatic rings. The zero-order valence-electron chi connectivity index (χ0n) is 17.6. The second kappa shape index (κ2) is 9.81. The largest absolute Gasteiger partial charge is 0.325 e. The number of fused-ring (bicyclic) bond motifs is 1. The van der Waals surface area contributed by atoms with Crippen LogP contribution in [0.15, 0.2) is 57.1 Å². The van der Waals surface area contributed by atoms with Gasteiger partial charge in [0, 0.05) is 40.6 Å². The Kier molecular flexibility index (Phi) is 6.88. The van der Waals surface area contributed by atoms with Crippen molar-refractivity contribution in [1.82, 2.24) is 9.55 Å². The molecule has 0 unspecified atom stereocenters. The number of benzene rings is 1. The van der Waals surface area contributed by atoms with Gasteiger partial charge in [0.05, 0.1) is 11.1 Å². The van der Waals surface area contributed by atoms with Gasteiger partial charge in [0.2, 0.25) is 5.91 Å². The molecule has 32 heavy (non-hydrogen) atoms. The Morgan fingerprint density at radius 2 is 1.97 bits per heavy atom. The molecule has 0 radical (unpaired) electrons. The van der Waals surface area contributed by atoms with Crippen LogP contribution >= 0.6 is 34.4 Å². The van der Waals surface area contributed by atoms with E-state index in [0.29, 0.717) is 40.4 Å². The third-order valence-corrected chi connectivity index (χ3v) is 7.81. The Labute approximate surface area is 197 Å². The highest BCUT2D eigenvalue weighted by atomic mass is 32.2. The fraction of sp³-hybridized carbons (Fsp3) is 0.217. The van der Waals surface area contributed by atoms with Crippen molar-refractivity contribution in [2.45, 2.75) is 24.9 Å². The van der Waals surface area contributed by atoms with Gasteiger partial charge in [-0.05, 0) is 36.9 Å². The molecule has 9 heteroatoms. The quantitative estimate of drug-likeness (QED) is 0.156. The van der Waals surface area contributed by atoms with E-state index in [0.717, 1.165) is 15.3 Å². The topological polar surface area (TPSA) is 81.1 Å². The molecule has 0 aliphatic carbocycles. The van der Waals surface area contributed by atoms with Crippen LogP contribution in [0.25, 0.3) is 20.7 Å². The van der Waals surface area contributed by atoms with E-state index >= 15 is 0 Å². The van der Waals surface area contributed by atoms with E-state index < -0.39 is 0 Å². The number of carbonyl (C=O) groups excluding carboxylic acids is 2. The van der Waals surface area contributed by atoms with E-state index in [2.05, 4.69) is 5.32 Å². The van der Waals surface area contributed by atoms with Crippen molar-refractivity contribution in [1.29, 1.82) is 0 Å². The van der Waals surface area contributed by atoms with E-state index in [-0.39, 0.29) is 17.2 Å². The van der Waals surface area contributed by atoms with E-state index in [1.807, 2.05) is 22.9 Å². The lowest BCUT2D eigenvalue weighted by atomic mass is 10.1. The molecular formula is C23H21N3O3S3. The predicted molar refractivity (Wildman–Crippen MR) is 133 cm³/mol. The molecule has 0 aliphatic heterocycles. The zero-order chi connectivity index (χ0) is 22.7. The second-order valence-electron chi connectivity index (χ2n) is 7.17. The molecule has 0 saturated carbocycles. The van der Waals surface area contributed by atoms with Crippen LogP contribution in [0.1, 0.15) is 30.1 Å². The lowest BCUT2D eigenvalue weighted by Crippen LogP contribution is -2.19. The van der Waals surface area contributed by atoms with Crippen LogP contribution in [0, 0.1) is 0 Å². The number of hydrogen-bond acceptors (Lipinski definition) is 7. The standard InChI is InChI=1S/C23H21N3O3S3/c1-14(27)15-7-3-4-8-17(15)24-19(28)10-6-12-31-23-25-21-20(22(29)26(23)2)16(13-32-21)18-9-5-11-30-18/h3-5,7-9,11,13H,6,10,12H2,1-2H3,(H,24,28). The number of ketones is 1. The number of rotatable bonds is 8. The summed E-state index contributed by atoms with van der Waals surface area (Å²) < 4.78 is 1.58. The molecule has 4 rings (SSSR count). The van der Waals surface area contributed by atoms with Gasteiger partial charge in [-0.2, -0.15) is 0 Å².